The van der Waals surface area contributed by atoms with Gasteiger partial charge in [-0.3, -0.25) is 4.79 Å². The number of aliphatic carboxylic acids is 1. The van der Waals surface area contributed by atoms with E-state index >= 15 is 0 Å². The number of amides is 1. The minimum atomic E-state index is -1.17. The minimum Gasteiger partial charge on any atom is -0.477 e. The SMILES string of the molecule is O=C(O)/C(=C\c1ccsc1)NC(=O)c1ccccc1. The van der Waals surface area contributed by atoms with Gasteiger partial charge in [0.25, 0.3) is 5.91 Å². The van der Waals surface area contributed by atoms with Gasteiger partial charge in [0.05, 0.1) is 0 Å². The maximum atomic E-state index is 11.9. The Labute approximate surface area is 114 Å². The van der Waals surface area contributed by atoms with Crippen LogP contribution in [0.3, 0.4) is 0 Å². The van der Waals surface area contributed by atoms with E-state index in [1.807, 2.05) is 5.38 Å². The molecule has 1 heterocycles. The Morgan fingerprint density at radius 2 is 1.89 bits per heavy atom. The highest BCUT2D eigenvalue weighted by molar-refractivity contribution is 7.08. The molecule has 0 aliphatic rings. The van der Waals surface area contributed by atoms with Crippen molar-refractivity contribution in [3.63, 3.8) is 0 Å². The Morgan fingerprint density at radius 1 is 1.16 bits per heavy atom. The Kier molecular flexibility index (Phi) is 4.10. The van der Waals surface area contributed by atoms with E-state index in [4.69, 9.17) is 5.11 Å². The van der Waals surface area contributed by atoms with E-state index in [-0.39, 0.29) is 5.70 Å². The zero-order valence-corrected chi connectivity index (χ0v) is 10.7. The molecule has 1 aromatic carbocycles. The summed E-state index contributed by atoms with van der Waals surface area (Å²) in [6.07, 6.45) is 1.43. The molecule has 0 radical (unpaired) electrons. The maximum absolute atomic E-state index is 11.9. The van der Waals surface area contributed by atoms with Crippen LogP contribution in [0.15, 0.2) is 52.9 Å². The predicted molar refractivity (Wildman–Crippen MR) is 73.8 cm³/mol. The zero-order valence-electron chi connectivity index (χ0n) is 9.87. The van der Waals surface area contributed by atoms with E-state index in [1.54, 1.807) is 41.8 Å². The van der Waals surface area contributed by atoms with Gasteiger partial charge in [-0.2, -0.15) is 11.3 Å². The van der Waals surface area contributed by atoms with Crippen LogP contribution in [0.4, 0.5) is 0 Å². The zero-order chi connectivity index (χ0) is 13.7. The maximum Gasteiger partial charge on any atom is 0.352 e. The quantitative estimate of drug-likeness (QED) is 0.841. The van der Waals surface area contributed by atoms with Gasteiger partial charge in [-0.15, -0.1) is 0 Å². The lowest BCUT2D eigenvalue weighted by Crippen LogP contribution is -2.27. The Balaban J connectivity index is 2.19. The van der Waals surface area contributed by atoms with Gasteiger partial charge < -0.3 is 10.4 Å². The molecule has 1 aromatic heterocycles. The fourth-order valence-electron chi connectivity index (χ4n) is 1.46. The molecule has 2 aromatic rings. The molecule has 0 saturated heterocycles. The van der Waals surface area contributed by atoms with Crippen molar-refractivity contribution in [1.82, 2.24) is 5.32 Å². The van der Waals surface area contributed by atoms with E-state index in [2.05, 4.69) is 5.32 Å². The first-order valence-corrected chi connectivity index (χ1v) is 6.44. The summed E-state index contributed by atoms with van der Waals surface area (Å²) < 4.78 is 0. The second-order valence-electron chi connectivity index (χ2n) is 3.74. The molecule has 5 heteroatoms. The van der Waals surface area contributed by atoms with Gasteiger partial charge in [-0.25, -0.2) is 4.79 Å². The van der Waals surface area contributed by atoms with Crippen LogP contribution in [0.25, 0.3) is 6.08 Å². The first kappa shape index (κ1) is 13.0. The molecule has 0 fully saturated rings. The van der Waals surface area contributed by atoms with E-state index in [9.17, 15) is 9.59 Å². The van der Waals surface area contributed by atoms with Gasteiger partial charge >= 0.3 is 5.97 Å². The van der Waals surface area contributed by atoms with Crippen molar-refractivity contribution in [2.75, 3.05) is 0 Å². The number of benzene rings is 1. The van der Waals surface area contributed by atoms with Gasteiger partial charge in [-0.05, 0) is 40.6 Å². The van der Waals surface area contributed by atoms with Crippen LogP contribution in [0.5, 0.6) is 0 Å². The summed E-state index contributed by atoms with van der Waals surface area (Å²) >= 11 is 1.46. The van der Waals surface area contributed by atoms with Gasteiger partial charge in [0, 0.05) is 5.56 Å². The third-order valence-corrected chi connectivity index (χ3v) is 3.07. The van der Waals surface area contributed by atoms with Gasteiger partial charge in [0.15, 0.2) is 0 Å². The number of nitrogens with one attached hydrogen (secondary N) is 1. The van der Waals surface area contributed by atoms with Crippen LogP contribution in [-0.2, 0) is 4.79 Å². The number of carbonyl (C=O) groups excluding carboxylic acids is 1. The summed E-state index contributed by atoms with van der Waals surface area (Å²) in [7, 11) is 0. The van der Waals surface area contributed by atoms with Crippen LogP contribution in [0.1, 0.15) is 15.9 Å². The average Bonchev–Trinajstić information content (AvgIpc) is 2.91. The van der Waals surface area contributed by atoms with Gasteiger partial charge in [0.2, 0.25) is 0 Å². The third-order valence-electron chi connectivity index (χ3n) is 2.37. The van der Waals surface area contributed by atoms with Gasteiger partial charge in [-0.1, -0.05) is 18.2 Å². The van der Waals surface area contributed by atoms with Gasteiger partial charge in [0.1, 0.15) is 5.70 Å². The highest BCUT2D eigenvalue weighted by atomic mass is 32.1. The largest absolute Gasteiger partial charge is 0.477 e. The molecule has 0 saturated carbocycles. The van der Waals surface area contributed by atoms with Crippen LogP contribution in [0, 0.1) is 0 Å². The normalized spacial score (nSPS) is 11.1. The summed E-state index contributed by atoms with van der Waals surface area (Å²) in [4.78, 5) is 23.0. The standard InChI is InChI=1S/C14H11NO3S/c16-13(11-4-2-1-3-5-11)15-12(14(17)18)8-10-6-7-19-9-10/h1-9H,(H,15,16)(H,17,18)/b12-8+. The lowest BCUT2D eigenvalue weighted by Gasteiger charge is -2.05. The number of carbonyl (C=O) groups is 2. The number of hydrogen-bond donors (Lipinski definition) is 2. The van der Waals surface area contributed by atoms with Crippen molar-refractivity contribution in [2.24, 2.45) is 0 Å². The molecule has 96 valence electrons. The number of rotatable bonds is 4. The van der Waals surface area contributed by atoms with Crippen LogP contribution >= 0.6 is 11.3 Å². The molecule has 0 spiro atoms. The van der Waals surface area contributed by atoms with Crippen LogP contribution in [0.2, 0.25) is 0 Å². The number of carboxylic acid groups (broad SMARTS) is 1. The molecule has 0 aliphatic carbocycles. The summed E-state index contributed by atoms with van der Waals surface area (Å²) in [5.74, 6) is -1.61. The van der Waals surface area contributed by atoms with E-state index in [0.717, 1.165) is 5.56 Å². The molecular formula is C14H11NO3S. The average molecular weight is 273 g/mol. The fraction of sp³-hybridized carbons (Fsp3) is 0. The Morgan fingerprint density at radius 3 is 2.47 bits per heavy atom. The van der Waals surface area contributed by atoms with Crippen molar-refractivity contribution in [3.05, 3.63) is 64.0 Å². The van der Waals surface area contributed by atoms with Crippen molar-refractivity contribution >= 4 is 29.3 Å². The Bertz CT molecular complexity index is 603. The summed E-state index contributed by atoms with van der Waals surface area (Å²) in [6, 6.07) is 10.3. The molecule has 2 N–H and O–H groups in total. The molecule has 0 atom stereocenters. The second-order valence-corrected chi connectivity index (χ2v) is 4.52. The summed E-state index contributed by atoms with van der Waals surface area (Å²) in [5, 5.41) is 15.1. The molecular weight excluding hydrogens is 262 g/mol. The summed E-state index contributed by atoms with van der Waals surface area (Å²) in [5.41, 5.74) is 1.02. The number of hydrogen-bond acceptors (Lipinski definition) is 3. The smallest absolute Gasteiger partial charge is 0.352 e. The van der Waals surface area contributed by atoms with Crippen molar-refractivity contribution in [3.8, 4) is 0 Å². The third kappa shape index (κ3) is 3.53. The van der Waals surface area contributed by atoms with Crippen LogP contribution in [-0.4, -0.2) is 17.0 Å². The molecule has 4 nitrogen and oxygen atoms in total. The number of carboxylic acids is 1. The topological polar surface area (TPSA) is 66.4 Å². The molecule has 0 aliphatic heterocycles. The number of thiophene rings is 1. The van der Waals surface area contributed by atoms with E-state index in [0.29, 0.717) is 5.56 Å². The lowest BCUT2D eigenvalue weighted by atomic mass is 10.2. The first-order valence-electron chi connectivity index (χ1n) is 5.50. The molecule has 1 amide bonds. The monoisotopic (exact) mass is 273 g/mol. The molecule has 19 heavy (non-hydrogen) atoms. The molecule has 0 bridgehead atoms. The lowest BCUT2D eigenvalue weighted by molar-refractivity contribution is -0.132. The Hall–Kier alpha value is -2.40. The second kappa shape index (κ2) is 5.97. The van der Waals surface area contributed by atoms with Crippen molar-refractivity contribution < 1.29 is 14.7 Å². The van der Waals surface area contributed by atoms with E-state index in [1.165, 1.54) is 17.4 Å². The summed E-state index contributed by atoms with van der Waals surface area (Å²) in [6.45, 7) is 0. The van der Waals surface area contributed by atoms with Crippen molar-refractivity contribution in [1.29, 1.82) is 0 Å². The predicted octanol–water partition coefficient (Wildman–Crippen LogP) is 2.60. The first-order chi connectivity index (χ1) is 9.16. The molecule has 2 rings (SSSR count). The minimum absolute atomic E-state index is 0.146. The highest BCUT2D eigenvalue weighted by Crippen LogP contribution is 2.10. The van der Waals surface area contributed by atoms with Crippen molar-refractivity contribution in [2.45, 2.75) is 0 Å². The fourth-order valence-corrected chi connectivity index (χ4v) is 2.08. The van der Waals surface area contributed by atoms with E-state index < -0.39 is 11.9 Å². The highest BCUT2D eigenvalue weighted by Gasteiger charge is 2.12. The molecule has 0 unspecified atom stereocenters. The van der Waals surface area contributed by atoms with Crippen LogP contribution < -0.4 is 5.32 Å².